The van der Waals surface area contributed by atoms with Gasteiger partial charge in [0, 0.05) is 11.5 Å². The summed E-state index contributed by atoms with van der Waals surface area (Å²) in [6, 6.07) is 13.4. The monoisotopic (exact) mass is 588 g/mol. The molecule has 2 aromatic carbocycles. The zero-order valence-corrected chi connectivity index (χ0v) is 26.8. The number of fused-ring (bicyclic) bond motifs is 1. The number of aromatic carboxylic acids is 1. The molecule has 2 unspecified atom stereocenters. The number of H-pyrrole nitrogens is 1. The molecule has 0 radical (unpaired) electrons. The Kier molecular flexibility index (Phi) is 15.3. The summed E-state index contributed by atoms with van der Waals surface area (Å²) in [5.41, 5.74) is 9.68. The predicted molar refractivity (Wildman–Crippen MR) is 180 cm³/mol. The van der Waals surface area contributed by atoms with Crippen molar-refractivity contribution >= 4 is 22.8 Å². The first kappa shape index (κ1) is 34.3. The van der Waals surface area contributed by atoms with Gasteiger partial charge in [-0.25, -0.2) is 9.78 Å². The number of hydrogen-bond acceptors (Lipinski definition) is 3. The fraction of sp³-hybridized carbons (Fsp3) is 0.595. The molecule has 0 saturated carbocycles. The molecule has 0 aliphatic rings. The average molecular weight is 589 g/mol. The van der Waals surface area contributed by atoms with Crippen molar-refractivity contribution in [2.45, 2.75) is 135 Å². The minimum atomic E-state index is -0.912. The number of aromatic nitrogens is 2. The lowest BCUT2D eigenvalue weighted by Gasteiger charge is -2.26. The largest absolute Gasteiger partial charge is 0.478 e. The lowest BCUT2D eigenvalue weighted by atomic mass is 9.80. The Hall–Kier alpha value is -3.15. The number of imidazole rings is 1. The molecule has 0 spiro atoms. The third kappa shape index (κ3) is 11.8. The van der Waals surface area contributed by atoms with Crippen molar-refractivity contribution in [3.8, 4) is 0 Å². The highest BCUT2D eigenvalue weighted by molar-refractivity contribution is 5.95. The number of benzene rings is 2. The van der Waals surface area contributed by atoms with Crippen molar-refractivity contribution in [2.75, 3.05) is 0 Å². The molecule has 1 heterocycles. The summed E-state index contributed by atoms with van der Waals surface area (Å²) in [7, 11) is 0. The van der Waals surface area contributed by atoms with Gasteiger partial charge in [0.05, 0.1) is 16.6 Å². The van der Waals surface area contributed by atoms with E-state index in [1.54, 1.807) is 12.1 Å². The Morgan fingerprint density at radius 1 is 0.791 bits per heavy atom. The van der Waals surface area contributed by atoms with E-state index in [1.807, 2.05) is 18.2 Å². The molecule has 2 atom stereocenters. The van der Waals surface area contributed by atoms with Crippen LogP contribution < -0.4 is 5.73 Å². The van der Waals surface area contributed by atoms with E-state index in [0.717, 1.165) is 41.7 Å². The minimum Gasteiger partial charge on any atom is -0.478 e. The predicted octanol–water partition coefficient (Wildman–Crippen LogP) is 10.2. The molecule has 1 aromatic heterocycles. The summed E-state index contributed by atoms with van der Waals surface area (Å²) in [6.45, 7) is 4.53. The lowest BCUT2D eigenvalue weighted by Crippen LogP contribution is -2.16. The molecule has 236 valence electrons. The van der Waals surface area contributed by atoms with Crippen molar-refractivity contribution in [1.29, 1.82) is 5.41 Å². The first-order chi connectivity index (χ1) is 20.9. The number of nitrogens with two attached hydrogens (primary N) is 1. The average Bonchev–Trinajstić information content (AvgIpc) is 3.43. The van der Waals surface area contributed by atoms with Gasteiger partial charge in [-0.2, -0.15) is 0 Å². The van der Waals surface area contributed by atoms with Gasteiger partial charge in [0.1, 0.15) is 11.7 Å². The van der Waals surface area contributed by atoms with Crippen LogP contribution in [0.5, 0.6) is 0 Å². The van der Waals surface area contributed by atoms with Crippen LogP contribution in [-0.4, -0.2) is 26.9 Å². The SMILES string of the molecule is CCCCCCCCCCC(c1nc2ccc(C(=O)O)cc2[nH]1)C(CCCCCCCC)CCc1ccc(C(=N)N)cc1. The van der Waals surface area contributed by atoms with Crippen molar-refractivity contribution in [2.24, 2.45) is 11.7 Å². The smallest absolute Gasteiger partial charge is 0.335 e. The number of aromatic amines is 1. The zero-order chi connectivity index (χ0) is 30.9. The quantitative estimate of drug-likeness (QED) is 0.0501. The summed E-state index contributed by atoms with van der Waals surface area (Å²) in [5.74, 6) is 1.01. The van der Waals surface area contributed by atoms with Gasteiger partial charge in [-0.05, 0) is 55.4 Å². The molecular formula is C37H56N4O2. The Balaban J connectivity index is 1.78. The summed E-state index contributed by atoms with van der Waals surface area (Å²) in [5, 5.41) is 17.2. The van der Waals surface area contributed by atoms with Crippen LogP contribution in [0.4, 0.5) is 0 Å². The molecule has 0 aliphatic heterocycles. The van der Waals surface area contributed by atoms with E-state index < -0.39 is 5.97 Å². The van der Waals surface area contributed by atoms with Gasteiger partial charge in [-0.1, -0.05) is 128 Å². The van der Waals surface area contributed by atoms with Crippen LogP contribution in [0.3, 0.4) is 0 Å². The first-order valence-corrected chi connectivity index (χ1v) is 17.1. The lowest BCUT2D eigenvalue weighted by molar-refractivity contribution is 0.0697. The zero-order valence-electron chi connectivity index (χ0n) is 26.8. The number of carboxylic acids is 1. The van der Waals surface area contributed by atoms with Gasteiger partial charge >= 0.3 is 5.97 Å². The standard InChI is InChI=1S/C37H56N4O2/c1-3-5-7-9-11-12-14-16-18-32(36-40-33-26-25-31(37(42)43)27-34(33)41-36)29(17-15-13-10-8-6-4-2)22-19-28-20-23-30(24-21-28)35(38)39/h20-21,23-27,29,32H,3-19,22H2,1-2H3,(H3,38,39)(H,40,41)(H,42,43). The minimum absolute atomic E-state index is 0.105. The van der Waals surface area contributed by atoms with Crippen LogP contribution in [0.25, 0.3) is 11.0 Å². The van der Waals surface area contributed by atoms with Crippen molar-refractivity contribution in [3.05, 3.63) is 65.0 Å². The number of nitrogen functional groups attached to an aromatic ring is 1. The summed E-state index contributed by atoms with van der Waals surface area (Å²) in [6.07, 6.45) is 22.4. The van der Waals surface area contributed by atoms with Crippen molar-refractivity contribution < 1.29 is 9.90 Å². The molecule has 43 heavy (non-hydrogen) atoms. The van der Waals surface area contributed by atoms with Crippen LogP contribution in [0.2, 0.25) is 0 Å². The molecule has 0 saturated heterocycles. The number of hydrogen-bond donors (Lipinski definition) is 4. The van der Waals surface area contributed by atoms with E-state index in [0.29, 0.717) is 17.4 Å². The number of nitrogens with one attached hydrogen (secondary N) is 2. The molecule has 0 fully saturated rings. The maximum Gasteiger partial charge on any atom is 0.335 e. The highest BCUT2D eigenvalue weighted by atomic mass is 16.4. The highest BCUT2D eigenvalue weighted by Gasteiger charge is 2.26. The number of rotatable bonds is 23. The van der Waals surface area contributed by atoms with Gasteiger partial charge < -0.3 is 15.8 Å². The van der Waals surface area contributed by atoms with E-state index in [1.165, 1.54) is 102 Å². The molecule has 3 rings (SSSR count). The highest BCUT2D eigenvalue weighted by Crippen LogP contribution is 2.36. The number of amidine groups is 1. The van der Waals surface area contributed by atoms with E-state index in [-0.39, 0.29) is 5.84 Å². The number of carbonyl (C=O) groups is 1. The third-order valence-corrected chi connectivity index (χ3v) is 9.03. The Labute approximate surface area is 259 Å². The molecule has 6 heteroatoms. The van der Waals surface area contributed by atoms with Gasteiger partial charge in [0.25, 0.3) is 0 Å². The Morgan fingerprint density at radius 2 is 1.35 bits per heavy atom. The summed E-state index contributed by atoms with van der Waals surface area (Å²) >= 11 is 0. The Bertz CT molecular complexity index is 1230. The second kappa shape index (κ2) is 19.2. The number of unbranched alkanes of at least 4 members (excludes halogenated alkanes) is 12. The normalized spacial score (nSPS) is 12.9. The molecule has 0 amide bonds. The maximum absolute atomic E-state index is 11.6. The second-order valence-electron chi connectivity index (χ2n) is 12.5. The van der Waals surface area contributed by atoms with Crippen LogP contribution in [0, 0.1) is 11.3 Å². The summed E-state index contributed by atoms with van der Waals surface area (Å²) in [4.78, 5) is 20.2. The van der Waals surface area contributed by atoms with Crippen molar-refractivity contribution in [1.82, 2.24) is 9.97 Å². The molecule has 6 nitrogen and oxygen atoms in total. The van der Waals surface area contributed by atoms with Crippen molar-refractivity contribution in [3.63, 3.8) is 0 Å². The molecule has 3 aromatic rings. The third-order valence-electron chi connectivity index (χ3n) is 9.03. The molecular weight excluding hydrogens is 532 g/mol. The second-order valence-corrected chi connectivity index (χ2v) is 12.5. The van der Waals surface area contributed by atoms with Crippen LogP contribution in [0.15, 0.2) is 42.5 Å². The van der Waals surface area contributed by atoms with Gasteiger partial charge in [0.15, 0.2) is 0 Å². The Morgan fingerprint density at radius 3 is 1.93 bits per heavy atom. The number of aryl methyl sites for hydroxylation is 1. The van der Waals surface area contributed by atoms with Crippen LogP contribution >= 0.6 is 0 Å². The van der Waals surface area contributed by atoms with Crippen LogP contribution in [0.1, 0.15) is 156 Å². The molecule has 5 N–H and O–H groups in total. The topological polar surface area (TPSA) is 116 Å². The van der Waals surface area contributed by atoms with E-state index in [4.69, 9.17) is 16.1 Å². The fourth-order valence-electron chi connectivity index (χ4n) is 6.37. The van der Waals surface area contributed by atoms with E-state index in [2.05, 4.69) is 31.0 Å². The van der Waals surface area contributed by atoms with E-state index >= 15 is 0 Å². The van der Waals surface area contributed by atoms with Gasteiger partial charge in [-0.15, -0.1) is 0 Å². The maximum atomic E-state index is 11.6. The number of carboxylic acid groups (broad SMARTS) is 1. The van der Waals surface area contributed by atoms with Gasteiger partial charge in [-0.3, -0.25) is 5.41 Å². The van der Waals surface area contributed by atoms with Crippen LogP contribution in [-0.2, 0) is 6.42 Å². The molecule has 0 aliphatic carbocycles. The van der Waals surface area contributed by atoms with E-state index in [9.17, 15) is 9.90 Å². The number of nitrogens with zero attached hydrogens (tertiary/aromatic N) is 1. The molecule has 0 bridgehead atoms. The van der Waals surface area contributed by atoms with Gasteiger partial charge in [0.2, 0.25) is 0 Å². The fourth-order valence-corrected chi connectivity index (χ4v) is 6.37. The summed E-state index contributed by atoms with van der Waals surface area (Å²) < 4.78 is 0. The first-order valence-electron chi connectivity index (χ1n) is 17.1.